The Bertz CT molecular complexity index is 305. The number of rotatable bonds is 3. The normalized spacial score (nSPS) is 10.0. The predicted octanol–water partition coefficient (Wildman–Crippen LogP) is 1.81. The highest BCUT2D eigenvalue weighted by atomic mass is 32.2. The summed E-state index contributed by atoms with van der Waals surface area (Å²) >= 11 is 1.30. The van der Waals surface area contributed by atoms with Crippen LogP contribution in [0.3, 0.4) is 0 Å². The summed E-state index contributed by atoms with van der Waals surface area (Å²) in [6.07, 6.45) is 1.77. The zero-order valence-electron chi connectivity index (χ0n) is 7.06. The lowest BCUT2D eigenvalue weighted by Gasteiger charge is -2.02. The van der Waals surface area contributed by atoms with Crippen LogP contribution in [0.2, 0.25) is 0 Å². The zero-order chi connectivity index (χ0) is 9.84. The molecular weight excluding hydrogens is 190 g/mol. The molecule has 0 unspecified atom stereocenters. The minimum Gasteiger partial charge on any atom is -0.391 e. The lowest BCUT2D eigenvalue weighted by Crippen LogP contribution is -1.96. The molecule has 0 saturated carbocycles. The van der Waals surface area contributed by atoms with E-state index in [1.54, 1.807) is 24.5 Å². The van der Waals surface area contributed by atoms with E-state index in [9.17, 15) is 10.1 Å². The highest BCUT2D eigenvalue weighted by molar-refractivity contribution is 7.98. The van der Waals surface area contributed by atoms with Gasteiger partial charge in [0.1, 0.15) is 0 Å². The van der Waals surface area contributed by atoms with Crippen LogP contribution >= 0.6 is 11.8 Å². The third-order valence-corrected chi connectivity index (χ3v) is 2.42. The SMILES string of the molecule is CSc1cccc(CO)c1[N+](=O)[O-]. The average Bonchev–Trinajstić information content (AvgIpc) is 2.16. The van der Waals surface area contributed by atoms with Crippen molar-refractivity contribution in [3.8, 4) is 0 Å². The number of hydrogen-bond donors (Lipinski definition) is 1. The van der Waals surface area contributed by atoms with Crippen LogP contribution in [0.4, 0.5) is 5.69 Å². The maximum absolute atomic E-state index is 10.6. The van der Waals surface area contributed by atoms with Crippen LogP contribution in [0.5, 0.6) is 0 Å². The maximum Gasteiger partial charge on any atom is 0.288 e. The van der Waals surface area contributed by atoms with E-state index in [1.165, 1.54) is 11.8 Å². The van der Waals surface area contributed by atoms with E-state index in [0.717, 1.165) is 0 Å². The number of aliphatic hydroxyl groups is 1. The van der Waals surface area contributed by atoms with Crippen molar-refractivity contribution in [3.05, 3.63) is 33.9 Å². The molecule has 0 spiro atoms. The highest BCUT2D eigenvalue weighted by Gasteiger charge is 2.17. The molecule has 4 nitrogen and oxygen atoms in total. The number of para-hydroxylation sites is 1. The quantitative estimate of drug-likeness (QED) is 0.458. The van der Waals surface area contributed by atoms with Crippen LogP contribution in [0, 0.1) is 10.1 Å². The Morgan fingerprint density at radius 2 is 2.31 bits per heavy atom. The lowest BCUT2D eigenvalue weighted by molar-refractivity contribution is -0.388. The fraction of sp³-hybridized carbons (Fsp3) is 0.250. The van der Waals surface area contributed by atoms with E-state index < -0.39 is 4.92 Å². The van der Waals surface area contributed by atoms with E-state index in [2.05, 4.69) is 0 Å². The van der Waals surface area contributed by atoms with E-state index >= 15 is 0 Å². The molecule has 0 aromatic heterocycles. The lowest BCUT2D eigenvalue weighted by atomic mass is 10.2. The number of nitro benzene ring substituents is 1. The topological polar surface area (TPSA) is 63.4 Å². The Balaban J connectivity index is 3.29. The van der Waals surface area contributed by atoms with Crippen LogP contribution in [0.1, 0.15) is 5.56 Å². The van der Waals surface area contributed by atoms with Gasteiger partial charge in [0.15, 0.2) is 0 Å². The largest absolute Gasteiger partial charge is 0.391 e. The number of thioether (sulfide) groups is 1. The molecule has 1 N–H and O–H groups in total. The average molecular weight is 199 g/mol. The molecule has 1 aromatic rings. The van der Waals surface area contributed by atoms with Gasteiger partial charge in [-0.15, -0.1) is 11.8 Å². The van der Waals surface area contributed by atoms with Gasteiger partial charge in [-0.1, -0.05) is 6.07 Å². The van der Waals surface area contributed by atoms with Gasteiger partial charge in [0, 0.05) is 0 Å². The Labute approximate surface area is 79.7 Å². The maximum atomic E-state index is 10.6. The van der Waals surface area contributed by atoms with Crippen LogP contribution < -0.4 is 0 Å². The molecule has 1 aromatic carbocycles. The Kier molecular flexibility index (Phi) is 3.27. The minimum absolute atomic E-state index is 0.0116. The molecule has 0 radical (unpaired) electrons. The van der Waals surface area contributed by atoms with Crippen LogP contribution in [0.25, 0.3) is 0 Å². The van der Waals surface area contributed by atoms with E-state index in [1.807, 2.05) is 0 Å². The Hall–Kier alpha value is -1.07. The van der Waals surface area contributed by atoms with E-state index in [-0.39, 0.29) is 12.3 Å². The molecule has 0 saturated heterocycles. The Morgan fingerprint density at radius 1 is 1.62 bits per heavy atom. The molecule has 0 fully saturated rings. The molecule has 0 aliphatic heterocycles. The molecule has 0 aliphatic carbocycles. The van der Waals surface area contributed by atoms with Gasteiger partial charge in [0.2, 0.25) is 0 Å². The van der Waals surface area contributed by atoms with Crippen molar-refractivity contribution in [3.63, 3.8) is 0 Å². The van der Waals surface area contributed by atoms with E-state index in [4.69, 9.17) is 5.11 Å². The number of nitrogens with zero attached hydrogens (tertiary/aromatic N) is 1. The molecule has 1 rings (SSSR count). The monoisotopic (exact) mass is 199 g/mol. The summed E-state index contributed by atoms with van der Waals surface area (Å²) in [4.78, 5) is 10.8. The smallest absolute Gasteiger partial charge is 0.288 e. The van der Waals surface area contributed by atoms with Gasteiger partial charge in [-0.25, -0.2) is 0 Å². The summed E-state index contributed by atoms with van der Waals surface area (Å²) in [7, 11) is 0. The molecule has 0 bridgehead atoms. The molecule has 70 valence electrons. The van der Waals surface area contributed by atoms with Gasteiger partial charge in [-0.3, -0.25) is 10.1 Å². The molecule has 0 heterocycles. The van der Waals surface area contributed by atoms with Crippen LogP contribution in [-0.2, 0) is 6.61 Å². The Morgan fingerprint density at radius 3 is 2.77 bits per heavy atom. The fourth-order valence-corrected chi connectivity index (χ4v) is 1.68. The highest BCUT2D eigenvalue weighted by Crippen LogP contribution is 2.30. The second-order valence-electron chi connectivity index (χ2n) is 2.38. The number of hydrogen-bond acceptors (Lipinski definition) is 4. The predicted molar refractivity (Wildman–Crippen MR) is 50.8 cm³/mol. The van der Waals surface area contributed by atoms with Crippen molar-refractivity contribution in [2.24, 2.45) is 0 Å². The fourth-order valence-electron chi connectivity index (χ4n) is 1.07. The molecular formula is C8H9NO3S. The summed E-state index contributed by atoms with van der Waals surface area (Å²) < 4.78 is 0. The van der Waals surface area contributed by atoms with Gasteiger partial charge < -0.3 is 5.11 Å². The van der Waals surface area contributed by atoms with Gasteiger partial charge >= 0.3 is 0 Å². The first kappa shape index (κ1) is 10.0. The molecule has 0 aliphatic rings. The molecule has 5 heteroatoms. The molecule has 13 heavy (non-hydrogen) atoms. The number of aliphatic hydroxyl groups excluding tert-OH is 1. The number of nitro groups is 1. The summed E-state index contributed by atoms with van der Waals surface area (Å²) in [6.45, 7) is -0.301. The zero-order valence-corrected chi connectivity index (χ0v) is 7.87. The summed E-state index contributed by atoms with van der Waals surface area (Å²) in [5, 5.41) is 19.5. The minimum atomic E-state index is -0.461. The second-order valence-corrected chi connectivity index (χ2v) is 3.23. The standard InChI is InChI=1S/C8H9NO3S/c1-13-7-4-2-3-6(5-10)8(7)9(11)12/h2-4,10H,5H2,1H3. The van der Waals surface area contributed by atoms with Crippen molar-refractivity contribution >= 4 is 17.4 Å². The van der Waals surface area contributed by atoms with Crippen molar-refractivity contribution in [2.75, 3.05) is 6.26 Å². The number of benzene rings is 1. The van der Waals surface area contributed by atoms with Gasteiger partial charge in [0.25, 0.3) is 5.69 Å². The first-order chi connectivity index (χ1) is 6.20. The van der Waals surface area contributed by atoms with Gasteiger partial charge in [0.05, 0.1) is 22.0 Å². The van der Waals surface area contributed by atoms with Crippen molar-refractivity contribution < 1.29 is 10.0 Å². The van der Waals surface area contributed by atoms with Gasteiger partial charge in [-0.2, -0.15) is 0 Å². The van der Waals surface area contributed by atoms with Crippen molar-refractivity contribution in [2.45, 2.75) is 11.5 Å². The van der Waals surface area contributed by atoms with Crippen LogP contribution in [0.15, 0.2) is 23.1 Å². The van der Waals surface area contributed by atoms with Crippen LogP contribution in [-0.4, -0.2) is 16.3 Å². The van der Waals surface area contributed by atoms with Gasteiger partial charge in [-0.05, 0) is 18.4 Å². The summed E-state index contributed by atoms with van der Waals surface area (Å²) in [5.41, 5.74) is 0.370. The third kappa shape index (κ3) is 1.99. The van der Waals surface area contributed by atoms with E-state index in [0.29, 0.717) is 10.5 Å². The van der Waals surface area contributed by atoms with Crippen molar-refractivity contribution in [1.82, 2.24) is 0 Å². The second kappa shape index (κ2) is 4.25. The van der Waals surface area contributed by atoms with Crippen molar-refractivity contribution in [1.29, 1.82) is 0 Å². The third-order valence-electron chi connectivity index (χ3n) is 1.66. The molecule has 0 amide bonds. The molecule has 0 atom stereocenters. The first-order valence-corrected chi connectivity index (χ1v) is 4.84. The summed E-state index contributed by atoms with van der Waals surface area (Å²) in [5.74, 6) is 0. The summed E-state index contributed by atoms with van der Waals surface area (Å²) in [6, 6.07) is 4.92. The first-order valence-electron chi connectivity index (χ1n) is 3.61.